The predicted molar refractivity (Wildman–Crippen MR) is 120 cm³/mol. The van der Waals surface area contributed by atoms with Gasteiger partial charge in [0, 0.05) is 37.2 Å². The Hall–Kier alpha value is -3.76. The number of piperidine rings is 1. The fraction of sp³-hybridized carbons (Fsp3) is 0.348. The number of anilines is 1. The number of fused-ring (bicyclic) bond motifs is 3. The van der Waals surface area contributed by atoms with Crippen molar-refractivity contribution in [1.29, 1.82) is 0 Å². The molecule has 34 heavy (non-hydrogen) atoms. The van der Waals surface area contributed by atoms with Crippen LogP contribution in [0.25, 0.3) is 27.8 Å². The molecule has 5 rings (SSSR count). The first-order chi connectivity index (χ1) is 16.3. The number of hydrogen-bond acceptors (Lipinski definition) is 6. The summed E-state index contributed by atoms with van der Waals surface area (Å²) in [6, 6.07) is 6.23. The largest absolute Gasteiger partial charge is 0.419 e. The summed E-state index contributed by atoms with van der Waals surface area (Å²) < 4.78 is 41.9. The molecule has 1 aromatic carbocycles. The number of likely N-dealkylation sites (tertiary alicyclic amines) is 1. The third kappa shape index (κ3) is 3.80. The van der Waals surface area contributed by atoms with Crippen molar-refractivity contribution < 1.29 is 18.0 Å². The average molecular weight is 469 g/mol. The molecule has 1 fully saturated rings. The van der Waals surface area contributed by atoms with Crippen molar-refractivity contribution in [3.8, 4) is 11.1 Å². The van der Waals surface area contributed by atoms with Crippen molar-refractivity contribution in [2.24, 2.45) is 0 Å². The Balaban J connectivity index is 1.57. The minimum Gasteiger partial charge on any atom is -0.383 e. The van der Waals surface area contributed by atoms with Gasteiger partial charge in [0.2, 0.25) is 5.91 Å². The first-order valence-corrected chi connectivity index (χ1v) is 11.0. The average Bonchev–Trinajstić information content (AvgIpc) is 3.27. The van der Waals surface area contributed by atoms with Crippen molar-refractivity contribution in [3.63, 3.8) is 0 Å². The number of hydrogen-bond donors (Lipinski definition) is 1. The molecule has 3 aromatic heterocycles. The molecule has 1 amide bonds. The summed E-state index contributed by atoms with van der Waals surface area (Å²) in [6.07, 6.45) is 0.342. The molecular weight excluding hydrogens is 447 g/mol. The lowest BCUT2D eigenvalue weighted by atomic mass is 9.95. The molecule has 4 heterocycles. The Morgan fingerprint density at radius 2 is 1.85 bits per heavy atom. The molecule has 2 N–H and O–H groups in total. The van der Waals surface area contributed by atoms with E-state index in [1.54, 1.807) is 24.4 Å². The van der Waals surface area contributed by atoms with E-state index < -0.39 is 17.6 Å². The monoisotopic (exact) mass is 469 g/mol. The molecule has 1 saturated heterocycles. The van der Waals surface area contributed by atoms with Crippen LogP contribution in [0.15, 0.2) is 36.7 Å². The van der Waals surface area contributed by atoms with Gasteiger partial charge in [-0.25, -0.2) is 4.98 Å². The standard InChI is InChI=1S/C23H22F3N7O/c1-2-20(34)32-7-5-13(6-8-32)22-31-30-19-12-28-17-4-3-14(10-18(17)33(19)22)15-9-16(23(24,25)26)21(27)29-11-15/h3-4,9-13H,2,5-8H2,1H3,(H2,27,29). The van der Waals surface area contributed by atoms with Gasteiger partial charge in [0.1, 0.15) is 11.6 Å². The van der Waals surface area contributed by atoms with Gasteiger partial charge in [0.25, 0.3) is 0 Å². The lowest BCUT2D eigenvalue weighted by molar-refractivity contribution is -0.137. The maximum Gasteiger partial charge on any atom is 0.419 e. The maximum atomic E-state index is 13.3. The van der Waals surface area contributed by atoms with Crippen molar-refractivity contribution in [2.45, 2.75) is 38.3 Å². The van der Waals surface area contributed by atoms with E-state index in [-0.39, 0.29) is 11.8 Å². The topological polar surface area (TPSA) is 102 Å². The van der Waals surface area contributed by atoms with E-state index >= 15 is 0 Å². The van der Waals surface area contributed by atoms with E-state index in [1.165, 1.54) is 6.20 Å². The Labute approximate surface area is 192 Å². The molecule has 0 unspecified atom stereocenters. The summed E-state index contributed by atoms with van der Waals surface area (Å²) in [7, 11) is 0. The molecule has 1 aliphatic heterocycles. The van der Waals surface area contributed by atoms with Crippen LogP contribution in [-0.4, -0.2) is 48.5 Å². The van der Waals surface area contributed by atoms with Crippen molar-refractivity contribution in [2.75, 3.05) is 18.8 Å². The van der Waals surface area contributed by atoms with Crippen LogP contribution in [-0.2, 0) is 11.0 Å². The second-order valence-electron chi connectivity index (χ2n) is 8.38. The highest BCUT2D eigenvalue weighted by molar-refractivity contribution is 5.84. The number of nitrogen functional groups attached to an aromatic ring is 1. The second kappa shape index (κ2) is 8.23. The summed E-state index contributed by atoms with van der Waals surface area (Å²) in [4.78, 5) is 22.1. The molecule has 4 aromatic rings. The first-order valence-electron chi connectivity index (χ1n) is 11.0. The quantitative estimate of drug-likeness (QED) is 0.486. The number of rotatable bonds is 3. The van der Waals surface area contributed by atoms with Crippen LogP contribution in [0.5, 0.6) is 0 Å². The molecule has 0 spiro atoms. The Kier molecular flexibility index (Phi) is 5.34. The number of nitrogens with two attached hydrogens (primary N) is 1. The highest BCUT2D eigenvalue weighted by Crippen LogP contribution is 2.36. The SMILES string of the molecule is CCC(=O)N1CCC(c2nnc3cnc4ccc(-c5cnc(N)c(C(F)(F)F)c5)cc4n23)CC1. The first kappa shape index (κ1) is 22.1. The third-order valence-corrected chi connectivity index (χ3v) is 6.32. The van der Waals surface area contributed by atoms with Gasteiger partial charge in [0.05, 0.1) is 22.8 Å². The summed E-state index contributed by atoms with van der Waals surface area (Å²) in [6.45, 7) is 3.15. The molecule has 0 aliphatic carbocycles. The minimum atomic E-state index is -4.60. The number of benzene rings is 1. The molecule has 1 aliphatic rings. The number of alkyl halides is 3. The van der Waals surface area contributed by atoms with Crippen LogP contribution in [0.3, 0.4) is 0 Å². The predicted octanol–water partition coefficient (Wildman–Crippen LogP) is 4.06. The molecule has 11 heteroatoms. The molecule has 0 saturated carbocycles. The summed E-state index contributed by atoms with van der Waals surface area (Å²) in [5.74, 6) is 0.434. The number of nitrogens with zero attached hydrogens (tertiary/aromatic N) is 6. The van der Waals surface area contributed by atoms with Gasteiger partial charge in [-0.05, 0) is 36.6 Å². The van der Waals surface area contributed by atoms with Crippen molar-refractivity contribution >= 4 is 28.4 Å². The van der Waals surface area contributed by atoms with Crippen LogP contribution in [0.4, 0.5) is 19.0 Å². The number of carbonyl (C=O) groups is 1. The van der Waals surface area contributed by atoms with Crippen molar-refractivity contribution in [1.82, 2.24) is 29.5 Å². The third-order valence-electron chi connectivity index (χ3n) is 6.32. The van der Waals surface area contributed by atoms with Crippen LogP contribution < -0.4 is 5.73 Å². The van der Waals surface area contributed by atoms with Gasteiger partial charge < -0.3 is 10.6 Å². The number of aromatic nitrogens is 5. The highest BCUT2D eigenvalue weighted by Gasteiger charge is 2.34. The van der Waals surface area contributed by atoms with E-state index in [9.17, 15) is 18.0 Å². The summed E-state index contributed by atoms with van der Waals surface area (Å²) in [5, 5.41) is 8.68. The van der Waals surface area contributed by atoms with Gasteiger partial charge in [-0.3, -0.25) is 14.2 Å². The zero-order chi connectivity index (χ0) is 24.0. The summed E-state index contributed by atoms with van der Waals surface area (Å²) in [5.41, 5.74) is 7.23. The maximum absolute atomic E-state index is 13.3. The zero-order valence-corrected chi connectivity index (χ0v) is 18.4. The normalized spacial score (nSPS) is 15.4. The van der Waals surface area contributed by atoms with Gasteiger partial charge in [0.15, 0.2) is 5.65 Å². The number of carbonyl (C=O) groups excluding carboxylic acids is 1. The number of amides is 1. The van der Waals surface area contributed by atoms with Crippen LogP contribution >= 0.6 is 0 Å². The lowest BCUT2D eigenvalue weighted by Gasteiger charge is -2.31. The molecule has 0 atom stereocenters. The van der Waals surface area contributed by atoms with Gasteiger partial charge in [-0.1, -0.05) is 13.0 Å². The Morgan fingerprint density at radius 1 is 1.09 bits per heavy atom. The van der Waals surface area contributed by atoms with E-state index in [0.29, 0.717) is 47.3 Å². The minimum absolute atomic E-state index is 0.0974. The fourth-order valence-corrected chi connectivity index (χ4v) is 4.49. The van der Waals surface area contributed by atoms with E-state index in [2.05, 4.69) is 20.2 Å². The Morgan fingerprint density at radius 3 is 2.56 bits per heavy atom. The van der Waals surface area contributed by atoms with Crippen LogP contribution in [0.1, 0.15) is 43.5 Å². The highest BCUT2D eigenvalue weighted by atomic mass is 19.4. The second-order valence-corrected chi connectivity index (χ2v) is 8.38. The molecule has 0 radical (unpaired) electrons. The molecule has 8 nitrogen and oxygen atoms in total. The lowest BCUT2D eigenvalue weighted by Crippen LogP contribution is -2.37. The fourth-order valence-electron chi connectivity index (χ4n) is 4.49. The molecule has 176 valence electrons. The van der Waals surface area contributed by atoms with E-state index in [0.717, 1.165) is 24.7 Å². The number of pyridine rings is 1. The van der Waals surface area contributed by atoms with Crippen molar-refractivity contribution in [3.05, 3.63) is 48.0 Å². The van der Waals surface area contributed by atoms with Gasteiger partial charge in [-0.15, -0.1) is 10.2 Å². The van der Waals surface area contributed by atoms with Crippen LogP contribution in [0, 0.1) is 0 Å². The molecular formula is C23H22F3N7O. The van der Waals surface area contributed by atoms with Crippen LogP contribution in [0.2, 0.25) is 0 Å². The zero-order valence-electron chi connectivity index (χ0n) is 18.4. The van der Waals surface area contributed by atoms with Gasteiger partial charge in [-0.2, -0.15) is 13.2 Å². The smallest absolute Gasteiger partial charge is 0.383 e. The summed E-state index contributed by atoms with van der Waals surface area (Å²) >= 11 is 0. The number of halogens is 3. The Bertz CT molecular complexity index is 1390. The van der Waals surface area contributed by atoms with E-state index in [1.807, 2.05) is 16.2 Å². The molecule has 0 bridgehead atoms. The van der Waals surface area contributed by atoms with E-state index in [4.69, 9.17) is 5.73 Å². The van der Waals surface area contributed by atoms with Gasteiger partial charge >= 0.3 is 6.18 Å².